The number of carbonyl (C=O) groups excluding carboxylic acids is 1. The first-order valence-electron chi connectivity index (χ1n) is 9.33. The minimum absolute atomic E-state index is 0.0261. The molecule has 0 saturated carbocycles. The molecule has 6 nitrogen and oxygen atoms in total. The molecule has 5 rings (SSSR count). The molecule has 6 heteroatoms. The maximum atomic E-state index is 12.7. The van der Waals surface area contributed by atoms with Gasteiger partial charge in [0.15, 0.2) is 5.72 Å². The van der Waals surface area contributed by atoms with E-state index in [1.165, 1.54) is 5.69 Å². The Kier molecular flexibility index (Phi) is 3.49. The maximum absolute atomic E-state index is 12.7. The third kappa shape index (κ3) is 2.18. The highest BCUT2D eigenvalue weighted by Gasteiger charge is 2.63. The van der Waals surface area contributed by atoms with Crippen molar-refractivity contribution in [2.45, 2.75) is 44.2 Å². The molecule has 3 saturated heterocycles. The lowest BCUT2D eigenvalue weighted by atomic mass is 10.1. The number of aromatic nitrogens is 2. The number of ether oxygens (including phenoxy) is 1. The van der Waals surface area contributed by atoms with Gasteiger partial charge in [0.05, 0.1) is 18.3 Å². The van der Waals surface area contributed by atoms with Gasteiger partial charge < -0.3 is 14.2 Å². The molecule has 4 heterocycles. The van der Waals surface area contributed by atoms with E-state index in [9.17, 15) is 4.79 Å². The number of hydrogen-bond acceptors (Lipinski definition) is 4. The van der Waals surface area contributed by atoms with Gasteiger partial charge in [-0.05, 0) is 12.5 Å². The molecule has 2 aromatic rings. The van der Waals surface area contributed by atoms with Crippen molar-refractivity contribution >= 4 is 5.91 Å². The average molecular weight is 352 g/mol. The summed E-state index contributed by atoms with van der Waals surface area (Å²) in [7, 11) is 2.05. The fourth-order valence-corrected chi connectivity index (χ4v) is 4.84. The van der Waals surface area contributed by atoms with Crippen LogP contribution in [0.15, 0.2) is 36.5 Å². The second-order valence-corrected chi connectivity index (χ2v) is 7.66. The molecule has 0 unspecified atom stereocenters. The standard InChI is InChI=1S/C20H24N4O2/c1-14-21-11-16(22(14)2)12-23-9-8-20-18(23)10-19(25)24(20)13-17(26-20)15-6-4-3-5-7-15/h3-7,11,17-18H,8-10,12-13H2,1-2H3/t17-,18-,20+/m1/s1. The normalized spacial score (nSPS) is 30.8. The first-order valence-corrected chi connectivity index (χ1v) is 9.33. The lowest BCUT2D eigenvalue weighted by molar-refractivity contribution is -0.138. The van der Waals surface area contributed by atoms with Gasteiger partial charge in [-0.1, -0.05) is 30.3 Å². The van der Waals surface area contributed by atoms with Crippen LogP contribution in [0.4, 0.5) is 0 Å². The molecule has 1 aromatic carbocycles. The van der Waals surface area contributed by atoms with Crippen molar-refractivity contribution in [3.05, 3.63) is 53.6 Å². The first-order chi connectivity index (χ1) is 12.6. The Morgan fingerprint density at radius 1 is 1.31 bits per heavy atom. The molecule has 0 radical (unpaired) electrons. The van der Waals surface area contributed by atoms with Gasteiger partial charge in [-0.15, -0.1) is 0 Å². The molecular formula is C20H24N4O2. The summed E-state index contributed by atoms with van der Waals surface area (Å²) in [6, 6.07) is 10.4. The quantitative estimate of drug-likeness (QED) is 0.848. The number of aryl methyl sites for hydroxylation is 1. The second kappa shape index (κ2) is 5.66. The Hall–Kier alpha value is -2.18. The van der Waals surface area contributed by atoms with Crippen LogP contribution < -0.4 is 0 Å². The van der Waals surface area contributed by atoms with Crippen LogP contribution in [0.25, 0.3) is 0 Å². The fraction of sp³-hybridized carbons (Fsp3) is 0.500. The van der Waals surface area contributed by atoms with E-state index in [1.54, 1.807) is 0 Å². The Labute approximate surface area is 153 Å². The summed E-state index contributed by atoms with van der Waals surface area (Å²) in [5.74, 6) is 1.23. The number of benzene rings is 1. The number of likely N-dealkylation sites (tertiary alicyclic amines) is 1. The topological polar surface area (TPSA) is 50.6 Å². The Balaban J connectivity index is 1.41. The van der Waals surface area contributed by atoms with E-state index in [2.05, 4.69) is 26.6 Å². The number of hydrogen-bond donors (Lipinski definition) is 0. The van der Waals surface area contributed by atoms with Crippen molar-refractivity contribution in [3.63, 3.8) is 0 Å². The highest BCUT2D eigenvalue weighted by molar-refractivity contribution is 5.81. The van der Waals surface area contributed by atoms with Gasteiger partial charge in [0.25, 0.3) is 0 Å². The van der Waals surface area contributed by atoms with E-state index < -0.39 is 5.72 Å². The highest BCUT2D eigenvalue weighted by atomic mass is 16.5. The Bertz CT molecular complexity index is 849. The van der Waals surface area contributed by atoms with Crippen LogP contribution in [0.5, 0.6) is 0 Å². The lowest BCUT2D eigenvalue weighted by Crippen LogP contribution is -2.47. The molecule has 0 aliphatic carbocycles. The van der Waals surface area contributed by atoms with Crippen molar-refractivity contribution < 1.29 is 9.53 Å². The van der Waals surface area contributed by atoms with Gasteiger partial charge in [-0.3, -0.25) is 9.69 Å². The number of carbonyl (C=O) groups is 1. The van der Waals surface area contributed by atoms with Crippen molar-refractivity contribution in [2.75, 3.05) is 13.1 Å². The summed E-state index contributed by atoms with van der Waals surface area (Å²) < 4.78 is 8.72. The third-order valence-electron chi connectivity index (χ3n) is 6.39. The van der Waals surface area contributed by atoms with Gasteiger partial charge in [0.1, 0.15) is 11.9 Å². The van der Waals surface area contributed by atoms with Gasteiger partial charge >= 0.3 is 0 Å². The van der Waals surface area contributed by atoms with E-state index in [-0.39, 0.29) is 18.1 Å². The molecule has 3 atom stereocenters. The summed E-state index contributed by atoms with van der Waals surface area (Å²) >= 11 is 0. The van der Waals surface area contributed by atoms with Crippen LogP contribution in [0.2, 0.25) is 0 Å². The molecule has 3 fully saturated rings. The predicted molar refractivity (Wildman–Crippen MR) is 96.1 cm³/mol. The van der Waals surface area contributed by atoms with Crippen LogP contribution in [-0.4, -0.2) is 50.1 Å². The fourth-order valence-electron chi connectivity index (χ4n) is 4.84. The molecule has 136 valence electrons. The SMILES string of the molecule is Cc1ncc(CN2CC[C@@]34O[C@@H](c5ccccc5)CN3C(=O)C[C@@H]24)n1C. The van der Waals surface area contributed by atoms with E-state index in [1.807, 2.05) is 43.3 Å². The van der Waals surface area contributed by atoms with E-state index >= 15 is 0 Å². The van der Waals surface area contributed by atoms with Gasteiger partial charge in [0, 0.05) is 39.2 Å². The minimum atomic E-state index is -0.453. The average Bonchev–Trinajstić information content (AvgIpc) is 3.35. The van der Waals surface area contributed by atoms with Gasteiger partial charge in [0.2, 0.25) is 5.91 Å². The molecule has 1 aromatic heterocycles. The van der Waals surface area contributed by atoms with E-state index in [4.69, 9.17) is 4.74 Å². The second-order valence-electron chi connectivity index (χ2n) is 7.66. The van der Waals surface area contributed by atoms with Crippen molar-refractivity contribution in [1.82, 2.24) is 19.4 Å². The number of imidazole rings is 1. The molecular weight excluding hydrogens is 328 g/mol. The molecule has 26 heavy (non-hydrogen) atoms. The zero-order valence-electron chi connectivity index (χ0n) is 15.3. The predicted octanol–water partition coefficient (Wildman–Crippen LogP) is 2.00. The first kappa shape index (κ1) is 16.0. The summed E-state index contributed by atoms with van der Waals surface area (Å²) in [6.45, 7) is 4.43. The van der Waals surface area contributed by atoms with Crippen LogP contribution in [-0.2, 0) is 23.1 Å². The van der Waals surface area contributed by atoms with Crippen LogP contribution in [0, 0.1) is 6.92 Å². The van der Waals surface area contributed by atoms with Gasteiger partial charge in [-0.2, -0.15) is 0 Å². The molecule has 3 aliphatic heterocycles. The van der Waals surface area contributed by atoms with Gasteiger partial charge in [-0.25, -0.2) is 4.98 Å². The minimum Gasteiger partial charge on any atom is -0.344 e. The zero-order chi connectivity index (χ0) is 17.9. The zero-order valence-corrected chi connectivity index (χ0v) is 15.3. The summed E-state index contributed by atoms with van der Waals surface area (Å²) in [4.78, 5) is 21.5. The number of rotatable bonds is 3. The lowest BCUT2D eigenvalue weighted by Gasteiger charge is -2.32. The summed E-state index contributed by atoms with van der Waals surface area (Å²) in [5, 5.41) is 0. The molecule has 0 N–H and O–H groups in total. The molecule has 3 aliphatic rings. The summed E-state index contributed by atoms with van der Waals surface area (Å²) in [5.41, 5.74) is 1.89. The number of amides is 1. The number of nitrogens with zero attached hydrogens (tertiary/aromatic N) is 4. The van der Waals surface area contributed by atoms with Crippen molar-refractivity contribution in [3.8, 4) is 0 Å². The Morgan fingerprint density at radius 2 is 2.12 bits per heavy atom. The van der Waals surface area contributed by atoms with E-state index in [0.717, 1.165) is 30.9 Å². The van der Waals surface area contributed by atoms with Crippen LogP contribution >= 0.6 is 0 Å². The van der Waals surface area contributed by atoms with Crippen molar-refractivity contribution in [2.24, 2.45) is 7.05 Å². The summed E-state index contributed by atoms with van der Waals surface area (Å²) in [6.07, 6.45) is 3.35. The van der Waals surface area contributed by atoms with Crippen LogP contribution in [0.1, 0.15) is 36.0 Å². The monoisotopic (exact) mass is 352 g/mol. The molecule has 0 bridgehead atoms. The largest absolute Gasteiger partial charge is 0.344 e. The van der Waals surface area contributed by atoms with Crippen molar-refractivity contribution in [1.29, 1.82) is 0 Å². The third-order valence-corrected chi connectivity index (χ3v) is 6.39. The van der Waals surface area contributed by atoms with Crippen LogP contribution in [0.3, 0.4) is 0 Å². The molecule has 1 spiro atoms. The van der Waals surface area contributed by atoms with E-state index in [0.29, 0.717) is 13.0 Å². The highest BCUT2D eigenvalue weighted by Crippen LogP contribution is 2.50. The Morgan fingerprint density at radius 3 is 2.85 bits per heavy atom. The smallest absolute Gasteiger partial charge is 0.226 e. The maximum Gasteiger partial charge on any atom is 0.226 e. The molecule has 1 amide bonds.